The second kappa shape index (κ2) is 6.13. The Balaban J connectivity index is 2.04. The van der Waals surface area contributed by atoms with Crippen molar-refractivity contribution in [1.29, 1.82) is 0 Å². The third kappa shape index (κ3) is 3.19. The Morgan fingerprint density at radius 2 is 2.05 bits per heavy atom. The first-order valence-electron chi connectivity index (χ1n) is 6.33. The van der Waals surface area contributed by atoms with Gasteiger partial charge in [0.15, 0.2) is 5.69 Å². The third-order valence-corrected chi connectivity index (χ3v) is 2.91. The van der Waals surface area contributed by atoms with Gasteiger partial charge in [0.25, 0.3) is 0 Å². The summed E-state index contributed by atoms with van der Waals surface area (Å²) >= 11 is 0. The molecule has 0 fully saturated rings. The van der Waals surface area contributed by atoms with E-state index in [1.54, 1.807) is 11.6 Å². The lowest BCUT2D eigenvalue weighted by molar-refractivity contribution is 0.0518. The summed E-state index contributed by atoms with van der Waals surface area (Å²) in [6.45, 7) is 4.64. The van der Waals surface area contributed by atoms with E-state index in [-0.39, 0.29) is 0 Å². The van der Waals surface area contributed by atoms with Crippen molar-refractivity contribution in [3.8, 4) is 0 Å². The summed E-state index contributed by atoms with van der Waals surface area (Å²) in [5.41, 5.74) is 2.28. The Kier molecular flexibility index (Phi) is 4.28. The number of esters is 1. The number of aromatic nitrogens is 3. The minimum Gasteiger partial charge on any atom is -0.461 e. The molecule has 0 radical (unpaired) electrons. The zero-order valence-electron chi connectivity index (χ0n) is 11.2. The first-order chi connectivity index (χ1) is 9.22. The highest BCUT2D eigenvalue weighted by molar-refractivity contribution is 5.88. The van der Waals surface area contributed by atoms with Crippen molar-refractivity contribution in [1.82, 2.24) is 15.0 Å². The Bertz CT molecular complexity index is 549. The number of hydrogen-bond acceptors (Lipinski definition) is 4. The van der Waals surface area contributed by atoms with Gasteiger partial charge in [-0.2, -0.15) is 0 Å². The molecule has 0 aliphatic heterocycles. The van der Waals surface area contributed by atoms with Crippen LogP contribution in [0, 0.1) is 6.92 Å². The van der Waals surface area contributed by atoms with Crippen LogP contribution in [0.1, 0.15) is 28.7 Å². The molecule has 0 amide bonds. The topological polar surface area (TPSA) is 57.0 Å². The number of carbonyl (C=O) groups excluding carboxylic acids is 1. The van der Waals surface area contributed by atoms with Crippen molar-refractivity contribution in [3.63, 3.8) is 0 Å². The highest BCUT2D eigenvalue weighted by Gasteiger charge is 2.17. The molecule has 5 nitrogen and oxygen atoms in total. The van der Waals surface area contributed by atoms with Crippen LogP contribution in [-0.4, -0.2) is 27.6 Å². The van der Waals surface area contributed by atoms with E-state index in [9.17, 15) is 4.79 Å². The van der Waals surface area contributed by atoms with Gasteiger partial charge in [-0.3, -0.25) is 0 Å². The number of ether oxygens (including phenoxy) is 1. The fourth-order valence-corrected chi connectivity index (χ4v) is 1.84. The van der Waals surface area contributed by atoms with Crippen LogP contribution in [0.15, 0.2) is 30.3 Å². The van der Waals surface area contributed by atoms with Gasteiger partial charge in [-0.05, 0) is 25.8 Å². The van der Waals surface area contributed by atoms with E-state index in [2.05, 4.69) is 22.4 Å². The molecule has 0 N–H and O–H groups in total. The highest BCUT2D eigenvalue weighted by Crippen LogP contribution is 2.08. The Morgan fingerprint density at radius 3 is 2.74 bits per heavy atom. The monoisotopic (exact) mass is 259 g/mol. The molecule has 1 heterocycles. The fourth-order valence-electron chi connectivity index (χ4n) is 1.84. The number of benzene rings is 1. The predicted molar refractivity (Wildman–Crippen MR) is 70.9 cm³/mol. The van der Waals surface area contributed by atoms with Crippen LogP contribution in [0.2, 0.25) is 0 Å². The average molecular weight is 259 g/mol. The van der Waals surface area contributed by atoms with E-state index >= 15 is 0 Å². The molecule has 2 aromatic rings. The van der Waals surface area contributed by atoms with Crippen LogP contribution >= 0.6 is 0 Å². The maximum absolute atomic E-state index is 11.6. The number of rotatable bonds is 5. The molecule has 0 atom stereocenters. The van der Waals surface area contributed by atoms with Gasteiger partial charge in [0.2, 0.25) is 0 Å². The second-order valence-electron chi connectivity index (χ2n) is 4.20. The summed E-state index contributed by atoms with van der Waals surface area (Å²) in [5.74, 6) is -0.411. The normalized spacial score (nSPS) is 10.4. The summed E-state index contributed by atoms with van der Waals surface area (Å²) in [5, 5.41) is 7.88. The smallest absolute Gasteiger partial charge is 0.360 e. The molecular weight excluding hydrogens is 242 g/mol. The molecule has 0 spiro atoms. The van der Waals surface area contributed by atoms with Crippen LogP contribution < -0.4 is 0 Å². The lowest BCUT2D eigenvalue weighted by Crippen LogP contribution is -2.09. The van der Waals surface area contributed by atoms with Crippen molar-refractivity contribution < 1.29 is 9.53 Å². The zero-order valence-corrected chi connectivity index (χ0v) is 11.2. The second-order valence-corrected chi connectivity index (χ2v) is 4.20. The van der Waals surface area contributed by atoms with E-state index in [4.69, 9.17) is 4.74 Å². The molecule has 0 aliphatic carbocycles. The van der Waals surface area contributed by atoms with E-state index in [1.807, 2.05) is 25.1 Å². The average Bonchev–Trinajstić information content (AvgIpc) is 2.79. The molecule has 100 valence electrons. The van der Waals surface area contributed by atoms with Crippen molar-refractivity contribution in [2.75, 3.05) is 6.61 Å². The third-order valence-electron chi connectivity index (χ3n) is 2.91. The predicted octanol–water partition coefficient (Wildman–Crippen LogP) is 2.01. The SMILES string of the molecule is CCOC(=O)c1nnn(CCc2ccccc2)c1C. The van der Waals surface area contributed by atoms with Gasteiger partial charge >= 0.3 is 5.97 Å². The molecule has 0 saturated heterocycles. The molecule has 0 unspecified atom stereocenters. The quantitative estimate of drug-likeness (QED) is 0.771. The van der Waals surface area contributed by atoms with Crippen LogP contribution in [0.4, 0.5) is 0 Å². The summed E-state index contributed by atoms with van der Waals surface area (Å²) in [6, 6.07) is 10.1. The molecule has 0 aliphatic rings. The van der Waals surface area contributed by atoms with Crippen molar-refractivity contribution in [3.05, 3.63) is 47.3 Å². The molecule has 5 heteroatoms. The molecule has 1 aromatic heterocycles. The maximum Gasteiger partial charge on any atom is 0.360 e. The van der Waals surface area contributed by atoms with Crippen molar-refractivity contribution in [2.45, 2.75) is 26.8 Å². The molecular formula is C14H17N3O2. The van der Waals surface area contributed by atoms with Gasteiger partial charge in [-0.15, -0.1) is 5.10 Å². The highest BCUT2D eigenvalue weighted by atomic mass is 16.5. The Hall–Kier alpha value is -2.17. The maximum atomic E-state index is 11.6. The van der Waals surface area contributed by atoms with Crippen molar-refractivity contribution in [2.24, 2.45) is 0 Å². The van der Waals surface area contributed by atoms with Gasteiger partial charge in [-0.1, -0.05) is 35.5 Å². The fraction of sp³-hybridized carbons (Fsp3) is 0.357. The largest absolute Gasteiger partial charge is 0.461 e. The Morgan fingerprint density at radius 1 is 1.32 bits per heavy atom. The summed E-state index contributed by atoms with van der Waals surface area (Å²) in [4.78, 5) is 11.6. The zero-order chi connectivity index (χ0) is 13.7. The number of aryl methyl sites for hydroxylation is 2. The molecule has 0 bridgehead atoms. The van der Waals surface area contributed by atoms with Crippen molar-refractivity contribution >= 4 is 5.97 Å². The van der Waals surface area contributed by atoms with Gasteiger partial charge in [0.05, 0.1) is 12.3 Å². The number of carbonyl (C=O) groups is 1. The standard InChI is InChI=1S/C14H17N3O2/c1-3-19-14(18)13-11(2)17(16-15-13)10-9-12-7-5-4-6-8-12/h4-8H,3,9-10H2,1-2H3. The first kappa shape index (κ1) is 13.3. The van der Waals surface area contributed by atoms with E-state index in [0.29, 0.717) is 18.8 Å². The number of hydrogen-bond donors (Lipinski definition) is 0. The first-order valence-corrected chi connectivity index (χ1v) is 6.33. The van der Waals surface area contributed by atoms with E-state index < -0.39 is 5.97 Å². The van der Waals surface area contributed by atoms with Gasteiger partial charge in [-0.25, -0.2) is 9.48 Å². The van der Waals surface area contributed by atoms with Gasteiger partial charge in [0, 0.05) is 6.54 Å². The molecule has 19 heavy (non-hydrogen) atoms. The van der Waals surface area contributed by atoms with E-state index in [0.717, 1.165) is 12.1 Å². The molecule has 2 rings (SSSR count). The lowest BCUT2D eigenvalue weighted by Gasteiger charge is -2.04. The van der Waals surface area contributed by atoms with Gasteiger partial charge in [0.1, 0.15) is 0 Å². The van der Waals surface area contributed by atoms with Gasteiger partial charge < -0.3 is 4.74 Å². The summed E-state index contributed by atoms with van der Waals surface area (Å²) < 4.78 is 6.67. The summed E-state index contributed by atoms with van der Waals surface area (Å²) in [7, 11) is 0. The molecule has 0 saturated carbocycles. The lowest BCUT2D eigenvalue weighted by atomic mass is 10.1. The Labute approximate surface area is 112 Å². The van der Waals surface area contributed by atoms with Crippen LogP contribution in [0.5, 0.6) is 0 Å². The summed E-state index contributed by atoms with van der Waals surface area (Å²) in [6.07, 6.45) is 0.854. The van der Waals surface area contributed by atoms with Crippen LogP contribution in [-0.2, 0) is 17.7 Å². The minimum absolute atomic E-state index is 0.301. The number of nitrogens with zero attached hydrogens (tertiary/aromatic N) is 3. The molecule has 1 aromatic carbocycles. The van der Waals surface area contributed by atoms with Crippen LogP contribution in [0.3, 0.4) is 0 Å². The minimum atomic E-state index is -0.411. The van der Waals surface area contributed by atoms with Crippen LogP contribution in [0.25, 0.3) is 0 Å². The van der Waals surface area contributed by atoms with E-state index in [1.165, 1.54) is 5.56 Å².